The average molecular weight is 353 g/mol. The molecule has 1 fully saturated rings. The van der Waals surface area contributed by atoms with Crippen LogP contribution in [-0.2, 0) is 4.79 Å². The first-order valence-electron chi connectivity index (χ1n) is 8.72. The van der Waals surface area contributed by atoms with E-state index in [9.17, 15) is 9.59 Å². The number of hydrogen-bond acceptors (Lipinski definition) is 4. The van der Waals surface area contributed by atoms with E-state index in [1.807, 2.05) is 32.0 Å². The van der Waals surface area contributed by atoms with Crippen LogP contribution >= 0.6 is 0 Å². The first kappa shape index (κ1) is 17.9. The Kier molecular flexibility index (Phi) is 5.51. The summed E-state index contributed by atoms with van der Waals surface area (Å²) in [4.78, 5) is 32.3. The number of rotatable bonds is 4. The van der Waals surface area contributed by atoms with Crippen LogP contribution < -0.4 is 4.74 Å². The van der Waals surface area contributed by atoms with Crippen LogP contribution in [0.3, 0.4) is 0 Å². The zero-order valence-electron chi connectivity index (χ0n) is 15.1. The van der Waals surface area contributed by atoms with E-state index in [-0.39, 0.29) is 18.4 Å². The Hall–Kier alpha value is -2.89. The molecule has 6 heteroatoms. The summed E-state index contributed by atoms with van der Waals surface area (Å²) >= 11 is 0. The lowest BCUT2D eigenvalue weighted by Gasteiger charge is -2.34. The summed E-state index contributed by atoms with van der Waals surface area (Å²) in [5.74, 6) is 0.629. The normalized spacial score (nSPS) is 14.2. The number of amides is 2. The maximum Gasteiger partial charge on any atom is 0.260 e. The lowest BCUT2D eigenvalue weighted by atomic mass is 10.1. The highest BCUT2D eigenvalue weighted by atomic mass is 16.5. The number of hydrogen-bond donors (Lipinski definition) is 0. The van der Waals surface area contributed by atoms with Crippen LogP contribution in [0.2, 0.25) is 0 Å². The third-order valence-corrected chi connectivity index (χ3v) is 4.51. The van der Waals surface area contributed by atoms with Gasteiger partial charge in [-0.05, 0) is 37.6 Å². The van der Waals surface area contributed by atoms with E-state index in [2.05, 4.69) is 4.98 Å². The van der Waals surface area contributed by atoms with Crippen LogP contribution in [0.25, 0.3) is 0 Å². The summed E-state index contributed by atoms with van der Waals surface area (Å²) in [6.45, 7) is 6.07. The van der Waals surface area contributed by atoms with Crippen molar-refractivity contribution in [1.29, 1.82) is 0 Å². The molecule has 1 aromatic carbocycles. The number of aryl methyl sites for hydroxylation is 2. The molecule has 0 aliphatic carbocycles. The number of benzene rings is 1. The molecule has 0 N–H and O–H groups in total. The van der Waals surface area contributed by atoms with Crippen molar-refractivity contribution in [2.75, 3.05) is 32.8 Å². The molecule has 0 radical (unpaired) electrons. The standard InChI is InChI=1S/C20H23N3O3/c1-15-5-6-18(16(2)12-15)26-14-19(24)22-8-10-23(11-9-22)20(25)17-4-3-7-21-13-17/h3-7,12-13H,8-11,14H2,1-2H3. The third-order valence-electron chi connectivity index (χ3n) is 4.51. The number of aromatic nitrogens is 1. The Balaban J connectivity index is 1.50. The smallest absolute Gasteiger partial charge is 0.260 e. The Morgan fingerprint density at radius 3 is 2.46 bits per heavy atom. The maximum atomic E-state index is 12.4. The van der Waals surface area contributed by atoms with Crippen molar-refractivity contribution >= 4 is 11.8 Å². The minimum atomic E-state index is -0.0570. The van der Waals surface area contributed by atoms with Gasteiger partial charge in [0.15, 0.2) is 6.61 Å². The number of carbonyl (C=O) groups is 2. The summed E-state index contributed by atoms with van der Waals surface area (Å²) in [5, 5.41) is 0. The van der Waals surface area contributed by atoms with Gasteiger partial charge in [0.1, 0.15) is 5.75 Å². The van der Waals surface area contributed by atoms with Gasteiger partial charge in [-0.25, -0.2) is 0 Å². The molecule has 0 bridgehead atoms. The van der Waals surface area contributed by atoms with Gasteiger partial charge in [-0.3, -0.25) is 14.6 Å². The molecule has 1 aliphatic heterocycles. The van der Waals surface area contributed by atoms with Crippen molar-refractivity contribution in [1.82, 2.24) is 14.8 Å². The van der Waals surface area contributed by atoms with E-state index in [0.29, 0.717) is 31.7 Å². The molecule has 6 nitrogen and oxygen atoms in total. The predicted molar refractivity (Wildman–Crippen MR) is 98.1 cm³/mol. The number of nitrogens with zero attached hydrogens (tertiary/aromatic N) is 3. The summed E-state index contributed by atoms with van der Waals surface area (Å²) in [7, 11) is 0. The molecule has 0 unspecified atom stereocenters. The fourth-order valence-electron chi connectivity index (χ4n) is 3.02. The largest absolute Gasteiger partial charge is 0.484 e. The first-order chi connectivity index (χ1) is 12.5. The van der Waals surface area contributed by atoms with E-state index >= 15 is 0 Å². The molecule has 3 rings (SSSR count). The highest BCUT2D eigenvalue weighted by molar-refractivity contribution is 5.94. The zero-order valence-corrected chi connectivity index (χ0v) is 15.1. The third kappa shape index (κ3) is 4.20. The van der Waals surface area contributed by atoms with Crippen LogP contribution in [0, 0.1) is 13.8 Å². The van der Waals surface area contributed by atoms with Crippen molar-refractivity contribution in [2.45, 2.75) is 13.8 Å². The van der Waals surface area contributed by atoms with Gasteiger partial charge in [0.2, 0.25) is 0 Å². The Labute approximate surface area is 153 Å². The van der Waals surface area contributed by atoms with Crippen LogP contribution in [-0.4, -0.2) is 59.4 Å². The van der Waals surface area contributed by atoms with Gasteiger partial charge in [-0.15, -0.1) is 0 Å². The molecule has 0 spiro atoms. The number of pyridine rings is 1. The van der Waals surface area contributed by atoms with Crippen LogP contribution in [0.15, 0.2) is 42.7 Å². The molecule has 1 saturated heterocycles. The number of carbonyl (C=O) groups excluding carboxylic acids is 2. The molecule has 2 aromatic rings. The van der Waals surface area contributed by atoms with Crippen LogP contribution in [0.1, 0.15) is 21.5 Å². The lowest BCUT2D eigenvalue weighted by Crippen LogP contribution is -2.51. The maximum absolute atomic E-state index is 12.4. The predicted octanol–water partition coefficient (Wildman–Crippen LogP) is 2.06. The average Bonchev–Trinajstić information content (AvgIpc) is 2.67. The van der Waals surface area contributed by atoms with E-state index in [1.165, 1.54) is 0 Å². The molecule has 2 heterocycles. The lowest BCUT2D eigenvalue weighted by molar-refractivity contribution is -0.134. The van der Waals surface area contributed by atoms with Gasteiger partial charge < -0.3 is 14.5 Å². The SMILES string of the molecule is Cc1ccc(OCC(=O)N2CCN(C(=O)c3cccnc3)CC2)c(C)c1. The van der Waals surface area contributed by atoms with Gasteiger partial charge in [0.25, 0.3) is 11.8 Å². The molecule has 136 valence electrons. The molecular formula is C20H23N3O3. The Morgan fingerprint density at radius 1 is 1.08 bits per heavy atom. The molecule has 1 aliphatic rings. The van der Waals surface area contributed by atoms with Crippen molar-refractivity contribution < 1.29 is 14.3 Å². The van der Waals surface area contributed by atoms with E-state index in [1.54, 1.807) is 34.3 Å². The summed E-state index contributed by atoms with van der Waals surface area (Å²) in [6, 6.07) is 9.39. The second-order valence-electron chi connectivity index (χ2n) is 6.47. The van der Waals surface area contributed by atoms with E-state index < -0.39 is 0 Å². The van der Waals surface area contributed by atoms with Crippen molar-refractivity contribution in [3.05, 3.63) is 59.4 Å². The molecule has 26 heavy (non-hydrogen) atoms. The number of ether oxygens (including phenoxy) is 1. The first-order valence-corrected chi connectivity index (χ1v) is 8.72. The fourth-order valence-corrected chi connectivity index (χ4v) is 3.02. The monoisotopic (exact) mass is 353 g/mol. The highest BCUT2D eigenvalue weighted by Gasteiger charge is 2.25. The summed E-state index contributed by atoms with van der Waals surface area (Å²) in [6.07, 6.45) is 3.21. The molecule has 0 atom stereocenters. The highest BCUT2D eigenvalue weighted by Crippen LogP contribution is 2.19. The van der Waals surface area contributed by atoms with Crippen LogP contribution in [0.5, 0.6) is 5.75 Å². The fraction of sp³-hybridized carbons (Fsp3) is 0.350. The minimum Gasteiger partial charge on any atom is -0.484 e. The van der Waals surface area contributed by atoms with Gasteiger partial charge in [0, 0.05) is 38.6 Å². The van der Waals surface area contributed by atoms with Gasteiger partial charge in [-0.1, -0.05) is 17.7 Å². The van der Waals surface area contributed by atoms with Crippen LogP contribution in [0.4, 0.5) is 0 Å². The van der Waals surface area contributed by atoms with Gasteiger partial charge in [0.05, 0.1) is 5.56 Å². The van der Waals surface area contributed by atoms with E-state index in [4.69, 9.17) is 4.74 Å². The molecule has 1 aromatic heterocycles. The zero-order chi connectivity index (χ0) is 18.5. The van der Waals surface area contributed by atoms with Crippen molar-refractivity contribution in [2.24, 2.45) is 0 Å². The van der Waals surface area contributed by atoms with Crippen molar-refractivity contribution in [3.63, 3.8) is 0 Å². The molecular weight excluding hydrogens is 330 g/mol. The topological polar surface area (TPSA) is 62.7 Å². The Morgan fingerprint density at radius 2 is 1.81 bits per heavy atom. The summed E-state index contributed by atoms with van der Waals surface area (Å²) < 4.78 is 5.67. The molecule has 0 saturated carbocycles. The molecule has 2 amide bonds. The second kappa shape index (κ2) is 7.99. The summed E-state index contributed by atoms with van der Waals surface area (Å²) in [5.41, 5.74) is 2.76. The van der Waals surface area contributed by atoms with Gasteiger partial charge in [-0.2, -0.15) is 0 Å². The van der Waals surface area contributed by atoms with Gasteiger partial charge >= 0.3 is 0 Å². The second-order valence-corrected chi connectivity index (χ2v) is 6.47. The number of piperazine rings is 1. The van der Waals surface area contributed by atoms with Crippen molar-refractivity contribution in [3.8, 4) is 5.75 Å². The Bertz CT molecular complexity index is 784. The quantitative estimate of drug-likeness (QED) is 0.844. The minimum absolute atomic E-state index is 0.0143. The van der Waals surface area contributed by atoms with E-state index in [0.717, 1.165) is 16.9 Å².